The van der Waals surface area contributed by atoms with Gasteiger partial charge in [-0.25, -0.2) is 4.79 Å². The van der Waals surface area contributed by atoms with E-state index in [-0.39, 0.29) is 36.8 Å². The third-order valence-corrected chi connectivity index (χ3v) is 5.73. The van der Waals surface area contributed by atoms with Crippen LogP contribution in [0.25, 0.3) is 0 Å². The summed E-state index contributed by atoms with van der Waals surface area (Å²) in [6, 6.07) is 6.36. The van der Waals surface area contributed by atoms with Gasteiger partial charge < -0.3 is 29.5 Å². The fourth-order valence-corrected chi connectivity index (χ4v) is 3.89. The minimum Gasteiger partial charge on any atom is -0.497 e. The minimum atomic E-state index is -0.721. The maximum absolute atomic E-state index is 12.7. The Morgan fingerprint density at radius 3 is 2.31 bits per heavy atom. The number of rotatable bonds is 6. The molecule has 2 atom stereocenters. The highest BCUT2D eigenvalue weighted by Crippen LogP contribution is 2.27. The number of nitrogens with zero attached hydrogens (tertiary/aromatic N) is 3. The smallest absolute Gasteiger partial charge is 0.409 e. The summed E-state index contributed by atoms with van der Waals surface area (Å²) in [5, 5.41) is 2.75. The number of amides is 4. The molecule has 1 aromatic rings. The van der Waals surface area contributed by atoms with Crippen molar-refractivity contribution in [2.75, 3.05) is 51.3 Å². The van der Waals surface area contributed by atoms with Crippen molar-refractivity contribution in [1.29, 1.82) is 0 Å². The van der Waals surface area contributed by atoms with Crippen LogP contribution in [0.5, 0.6) is 5.75 Å². The number of ether oxygens (including phenoxy) is 2. The standard InChI is InChI=1S/C22H30N4O6/c1-4-32-22(30)25-11-9-24(10-12-25)21(29)15(2)23-20(28)16-13-19(27)26(14-16)17-5-7-18(31-3)8-6-17/h5-8,15-16H,4,9-14H2,1-3H3,(H,23,28). The number of carbonyl (C=O) groups excluding carboxylic acids is 4. The molecule has 2 unspecified atom stereocenters. The highest BCUT2D eigenvalue weighted by molar-refractivity contribution is 6.01. The van der Waals surface area contributed by atoms with Gasteiger partial charge in [0, 0.05) is 44.8 Å². The van der Waals surface area contributed by atoms with Crippen LogP contribution in [0.3, 0.4) is 0 Å². The van der Waals surface area contributed by atoms with Gasteiger partial charge in [-0.1, -0.05) is 0 Å². The fourth-order valence-electron chi connectivity index (χ4n) is 3.89. The van der Waals surface area contributed by atoms with Gasteiger partial charge >= 0.3 is 6.09 Å². The van der Waals surface area contributed by atoms with Gasteiger partial charge in [0.05, 0.1) is 19.6 Å². The first-order valence-corrected chi connectivity index (χ1v) is 10.8. The summed E-state index contributed by atoms with van der Waals surface area (Å²) in [6.07, 6.45) is -0.287. The van der Waals surface area contributed by atoms with Gasteiger partial charge in [0.15, 0.2) is 0 Å². The van der Waals surface area contributed by atoms with Crippen LogP contribution in [0, 0.1) is 5.92 Å². The number of piperazine rings is 1. The lowest BCUT2D eigenvalue weighted by molar-refractivity contribution is -0.138. The molecule has 10 heteroatoms. The molecule has 2 aliphatic rings. The molecule has 2 fully saturated rings. The Labute approximate surface area is 187 Å². The van der Waals surface area contributed by atoms with Crippen LogP contribution in [-0.4, -0.2) is 86.1 Å². The van der Waals surface area contributed by atoms with Crippen LogP contribution in [0.2, 0.25) is 0 Å². The van der Waals surface area contributed by atoms with Gasteiger partial charge in [0.1, 0.15) is 11.8 Å². The highest BCUT2D eigenvalue weighted by Gasteiger charge is 2.36. The van der Waals surface area contributed by atoms with E-state index < -0.39 is 12.0 Å². The molecule has 0 aliphatic carbocycles. The lowest BCUT2D eigenvalue weighted by Crippen LogP contribution is -2.55. The van der Waals surface area contributed by atoms with E-state index in [0.717, 1.165) is 0 Å². The quantitative estimate of drug-likeness (QED) is 0.694. The van der Waals surface area contributed by atoms with Crippen molar-refractivity contribution in [2.45, 2.75) is 26.3 Å². The van der Waals surface area contributed by atoms with Crippen LogP contribution >= 0.6 is 0 Å². The largest absolute Gasteiger partial charge is 0.497 e. The van der Waals surface area contributed by atoms with Crippen molar-refractivity contribution in [3.8, 4) is 5.75 Å². The number of benzene rings is 1. The molecule has 0 aromatic heterocycles. The first-order valence-electron chi connectivity index (χ1n) is 10.8. The van der Waals surface area contributed by atoms with Crippen molar-refractivity contribution in [2.24, 2.45) is 5.92 Å². The van der Waals surface area contributed by atoms with Gasteiger partial charge in [-0.3, -0.25) is 14.4 Å². The van der Waals surface area contributed by atoms with Crippen molar-refractivity contribution >= 4 is 29.5 Å². The summed E-state index contributed by atoms with van der Waals surface area (Å²) in [6.45, 7) is 5.48. The molecule has 1 N–H and O–H groups in total. The Kier molecular flexibility index (Phi) is 7.55. The van der Waals surface area contributed by atoms with Crippen LogP contribution < -0.4 is 15.0 Å². The molecule has 2 aliphatic heterocycles. The predicted octanol–water partition coefficient (Wildman–Crippen LogP) is 0.854. The van der Waals surface area contributed by atoms with Crippen LogP contribution in [0.1, 0.15) is 20.3 Å². The summed E-state index contributed by atoms with van der Waals surface area (Å²) < 4.78 is 10.1. The Morgan fingerprint density at radius 1 is 1.09 bits per heavy atom. The maximum atomic E-state index is 12.7. The van der Waals surface area contributed by atoms with Crippen LogP contribution in [0.15, 0.2) is 24.3 Å². The molecule has 3 rings (SSSR count). The van der Waals surface area contributed by atoms with E-state index >= 15 is 0 Å². The molecule has 0 radical (unpaired) electrons. The lowest BCUT2D eigenvalue weighted by Gasteiger charge is -2.35. The molecule has 0 bridgehead atoms. The number of hydrogen-bond acceptors (Lipinski definition) is 6. The molecule has 1 aromatic carbocycles. The molecule has 32 heavy (non-hydrogen) atoms. The zero-order valence-electron chi connectivity index (χ0n) is 18.7. The number of hydrogen-bond donors (Lipinski definition) is 1. The third-order valence-electron chi connectivity index (χ3n) is 5.73. The second-order valence-corrected chi connectivity index (χ2v) is 7.84. The molecule has 4 amide bonds. The minimum absolute atomic E-state index is 0.0942. The molecule has 2 heterocycles. The molecule has 10 nitrogen and oxygen atoms in total. The van der Waals surface area contributed by atoms with Gasteiger partial charge in [-0.15, -0.1) is 0 Å². The molecule has 0 saturated carbocycles. The Hall–Kier alpha value is -3.30. The van der Waals surface area contributed by atoms with E-state index in [4.69, 9.17) is 9.47 Å². The molecular formula is C22H30N4O6. The second-order valence-electron chi connectivity index (χ2n) is 7.84. The summed E-state index contributed by atoms with van der Waals surface area (Å²) in [5.74, 6) is -0.506. The first kappa shape index (κ1) is 23.4. The second kappa shape index (κ2) is 10.3. The van der Waals surface area contributed by atoms with Gasteiger partial charge in [0.25, 0.3) is 0 Å². The summed E-state index contributed by atoms with van der Waals surface area (Å²) in [4.78, 5) is 54.5. The van der Waals surface area contributed by atoms with E-state index in [1.807, 2.05) is 0 Å². The topological polar surface area (TPSA) is 108 Å². The molecule has 2 saturated heterocycles. The summed E-state index contributed by atoms with van der Waals surface area (Å²) in [7, 11) is 1.57. The van der Waals surface area contributed by atoms with E-state index in [1.54, 1.807) is 59.9 Å². The normalized spacial score (nSPS) is 19.5. The van der Waals surface area contributed by atoms with E-state index in [0.29, 0.717) is 44.2 Å². The van der Waals surface area contributed by atoms with Gasteiger partial charge in [-0.05, 0) is 38.1 Å². The average Bonchev–Trinajstić information content (AvgIpc) is 3.20. The number of nitrogens with one attached hydrogen (secondary N) is 1. The number of methoxy groups -OCH3 is 1. The Bertz CT molecular complexity index is 850. The molecular weight excluding hydrogens is 416 g/mol. The Morgan fingerprint density at radius 2 is 1.72 bits per heavy atom. The highest BCUT2D eigenvalue weighted by atomic mass is 16.6. The van der Waals surface area contributed by atoms with Crippen molar-refractivity contribution in [1.82, 2.24) is 15.1 Å². The van der Waals surface area contributed by atoms with E-state index in [1.165, 1.54) is 0 Å². The van der Waals surface area contributed by atoms with Gasteiger partial charge in [0.2, 0.25) is 17.7 Å². The van der Waals surface area contributed by atoms with Crippen LogP contribution in [0.4, 0.5) is 10.5 Å². The zero-order chi connectivity index (χ0) is 23.3. The predicted molar refractivity (Wildman–Crippen MR) is 116 cm³/mol. The lowest BCUT2D eigenvalue weighted by atomic mass is 10.1. The summed E-state index contributed by atoms with van der Waals surface area (Å²) >= 11 is 0. The molecule has 0 spiro atoms. The number of anilines is 1. The monoisotopic (exact) mass is 446 g/mol. The maximum Gasteiger partial charge on any atom is 0.409 e. The van der Waals surface area contributed by atoms with Crippen molar-refractivity contribution in [3.63, 3.8) is 0 Å². The van der Waals surface area contributed by atoms with Gasteiger partial charge in [-0.2, -0.15) is 0 Å². The van der Waals surface area contributed by atoms with Crippen molar-refractivity contribution < 1.29 is 28.7 Å². The van der Waals surface area contributed by atoms with Crippen LogP contribution in [-0.2, 0) is 19.1 Å². The zero-order valence-corrected chi connectivity index (χ0v) is 18.7. The third kappa shape index (κ3) is 5.30. The average molecular weight is 447 g/mol. The Balaban J connectivity index is 1.50. The van der Waals surface area contributed by atoms with E-state index in [2.05, 4.69) is 5.32 Å². The molecule has 174 valence electrons. The number of carbonyl (C=O) groups is 4. The fraction of sp³-hybridized carbons (Fsp3) is 0.545. The van der Waals surface area contributed by atoms with E-state index in [9.17, 15) is 19.2 Å². The SMILES string of the molecule is CCOC(=O)N1CCN(C(=O)C(C)NC(=O)C2CC(=O)N(c3ccc(OC)cc3)C2)CC1. The van der Waals surface area contributed by atoms with Crippen molar-refractivity contribution in [3.05, 3.63) is 24.3 Å². The first-order chi connectivity index (χ1) is 15.3. The summed E-state index contributed by atoms with van der Waals surface area (Å²) in [5.41, 5.74) is 0.703.